The highest BCUT2D eigenvalue weighted by molar-refractivity contribution is 6.30. The lowest BCUT2D eigenvalue weighted by Crippen LogP contribution is -2.06. The number of imidazole rings is 1. The summed E-state index contributed by atoms with van der Waals surface area (Å²) in [5.74, 6) is 3.52. The Morgan fingerprint density at radius 3 is 2.66 bits per heavy atom. The molecule has 172 valence electrons. The van der Waals surface area contributed by atoms with Gasteiger partial charge in [0, 0.05) is 17.0 Å². The molecule has 0 saturated carbocycles. The number of H-pyrrole nitrogens is 1. The smallest absolute Gasteiger partial charge is 0.174 e. The van der Waals surface area contributed by atoms with Gasteiger partial charge in [-0.1, -0.05) is 31.5 Å². The predicted octanol–water partition coefficient (Wildman–Crippen LogP) is 6.45. The van der Waals surface area contributed by atoms with E-state index in [1.165, 1.54) is 5.56 Å². The summed E-state index contributed by atoms with van der Waals surface area (Å²) in [7, 11) is 0. The minimum Gasteiger partial charge on any atom is -0.493 e. The fourth-order valence-corrected chi connectivity index (χ4v) is 3.56. The summed E-state index contributed by atoms with van der Waals surface area (Å²) in [6.45, 7) is 5.53. The SMILES string of the molecule is CC(C)COc1ccc(Cl)cc1Cc1ccc(-c2nc3cc(CCN)ccc3[nH]2)o1.Cl.Cl. The van der Waals surface area contributed by atoms with E-state index in [9.17, 15) is 0 Å². The fraction of sp³-hybridized carbons (Fsp3) is 0.292. The van der Waals surface area contributed by atoms with Crippen LogP contribution >= 0.6 is 36.4 Å². The van der Waals surface area contributed by atoms with E-state index < -0.39 is 0 Å². The number of rotatable bonds is 8. The van der Waals surface area contributed by atoms with Gasteiger partial charge in [0.15, 0.2) is 11.6 Å². The number of fused-ring (bicyclic) bond motifs is 1. The van der Waals surface area contributed by atoms with Crippen LogP contribution in [-0.2, 0) is 12.8 Å². The molecule has 8 heteroatoms. The Kier molecular flexibility index (Phi) is 9.47. The molecule has 0 radical (unpaired) electrons. The molecule has 0 fully saturated rings. The molecule has 32 heavy (non-hydrogen) atoms. The van der Waals surface area contributed by atoms with Crippen LogP contribution in [-0.4, -0.2) is 23.1 Å². The third-order valence-electron chi connectivity index (χ3n) is 4.83. The van der Waals surface area contributed by atoms with E-state index in [1.54, 1.807) is 0 Å². The van der Waals surface area contributed by atoms with Gasteiger partial charge in [-0.05, 0) is 66.9 Å². The van der Waals surface area contributed by atoms with E-state index in [-0.39, 0.29) is 24.8 Å². The molecule has 2 aromatic carbocycles. The van der Waals surface area contributed by atoms with E-state index in [4.69, 9.17) is 31.5 Å². The number of nitrogens with zero attached hydrogens (tertiary/aromatic N) is 1. The third kappa shape index (κ3) is 6.20. The zero-order valence-corrected chi connectivity index (χ0v) is 20.4. The highest BCUT2D eigenvalue weighted by Gasteiger charge is 2.13. The van der Waals surface area contributed by atoms with Crippen LogP contribution in [0.15, 0.2) is 52.9 Å². The van der Waals surface area contributed by atoms with Crippen LogP contribution in [0.3, 0.4) is 0 Å². The van der Waals surface area contributed by atoms with E-state index in [0.29, 0.717) is 42.1 Å². The first kappa shape index (κ1) is 26.1. The first-order valence-electron chi connectivity index (χ1n) is 10.2. The summed E-state index contributed by atoms with van der Waals surface area (Å²) < 4.78 is 12.0. The maximum atomic E-state index is 6.22. The molecular weight excluding hydrogens is 469 g/mol. The van der Waals surface area contributed by atoms with Gasteiger partial charge in [0.1, 0.15) is 11.5 Å². The van der Waals surface area contributed by atoms with Crippen molar-refractivity contribution in [1.82, 2.24) is 9.97 Å². The molecule has 5 nitrogen and oxygen atoms in total. The van der Waals surface area contributed by atoms with Gasteiger partial charge in [-0.15, -0.1) is 24.8 Å². The van der Waals surface area contributed by atoms with Crippen LogP contribution in [0.2, 0.25) is 5.02 Å². The van der Waals surface area contributed by atoms with Crippen LogP contribution in [0.25, 0.3) is 22.6 Å². The van der Waals surface area contributed by atoms with Crippen molar-refractivity contribution in [3.8, 4) is 17.3 Å². The fourth-order valence-electron chi connectivity index (χ4n) is 3.36. The second-order valence-electron chi connectivity index (χ2n) is 7.88. The zero-order valence-electron chi connectivity index (χ0n) is 18.1. The molecule has 2 heterocycles. The molecule has 2 aromatic heterocycles. The Labute approximate surface area is 205 Å². The standard InChI is InChI=1S/C24H26ClN3O2.2ClH/c1-15(2)14-29-22-7-4-18(25)12-17(22)13-19-5-8-23(30-19)24-27-20-6-3-16(9-10-26)11-21(20)28-24;;/h3-8,11-12,15H,9-10,13-14,26H2,1-2H3,(H,27,28);2*1H. The van der Waals surface area contributed by atoms with Gasteiger partial charge < -0.3 is 19.9 Å². The molecule has 0 amide bonds. The first-order chi connectivity index (χ1) is 14.5. The molecule has 0 saturated heterocycles. The Morgan fingerprint density at radius 1 is 1.09 bits per heavy atom. The predicted molar refractivity (Wildman–Crippen MR) is 136 cm³/mol. The summed E-state index contributed by atoms with van der Waals surface area (Å²) in [6.07, 6.45) is 1.43. The third-order valence-corrected chi connectivity index (χ3v) is 5.07. The van der Waals surface area contributed by atoms with E-state index in [0.717, 1.165) is 34.5 Å². The van der Waals surface area contributed by atoms with E-state index in [2.05, 4.69) is 31.0 Å². The largest absolute Gasteiger partial charge is 0.493 e. The van der Waals surface area contributed by atoms with Gasteiger partial charge in [0.25, 0.3) is 0 Å². The molecule has 0 aliphatic rings. The second-order valence-corrected chi connectivity index (χ2v) is 8.31. The van der Waals surface area contributed by atoms with Gasteiger partial charge in [-0.3, -0.25) is 0 Å². The number of hydrogen-bond acceptors (Lipinski definition) is 4. The van der Waals surface area contributed by atoms with Crippen molar-refractivity contribution in [3.05, 3.63) is 70.4 Å². The van der Waals surface area contributed by atoms with Gasteiger partial charge in [-0.25, -0.2) is 4.98 Å². The normalized spacial score (nSPS) is 10.8. The summed E-state index contributed by atoms with van der Waals surface area (Å²) in [4.78, 5) is 8.02. The van der Waals surface area contributed by atoms with E-state index >= 15 is 0 Å². The minimum absolute atomic E-state index is 0. The van der Waals surface area contributed by atoms with Crippen molar-refractivity contribution < 1.29 is 9.15 Å². The number of nitrogens with one attached hydrogen (secondary N) is 1. The number of halogens is 3. The number of aromatic nitrogens is 2. The van der Waals surface area contributed by atoms with Crippen LogP contribution in [0, 0.1) is 5.92 Å². The topological polar surface area (TPSA) is 77.1 Å². The lowest BCUT2D eigenvalue weighted by atomic mass is 10.1. The number of aromatic amines is 1. The quantitative estimate of drug-likeness (QED) is 0.294. The van der Waals surface area contributed by atoms with Crippen LogP contribution in [0.1, 0.15) is 30.7 Å². The van der Waals surface area contributed by atoms with Crippen molar-refractivity contribution >= 4 is 47.4 Å². The summed E-state index contributed by atoms with van der Waals surface area (Å²) in [6, 6.07) is 15.8. The Bertz CT molecular complexity index is 1150. The van der Waals surface area contributed by atoms with Gasteiger partial charge in [-0.2, -0.15) is 0 Å². The molecule has 0 aliphatic heterocycles. The summed E-state index contributed by atoms with van der Waals surface area (Å²) in [5.41, 5.74) is 9.72. The maximum absolute atomic E-state index is 6.22. The number of ether oxygens (including phenoxy) is 1. The van der Waals surface area contributed by atoms with Crippen LogP contribution in [0.4, 0.5) is 0 Å². The Morgan fingerprint density at radius 2 is 1.91 bits per heavy atom. The molecule has 0 spiro atoms. The molecule has 3 N–H and O–H groups in total. The number of furan rings is 1. The maximum Gasteiger partial charge on any atom is 0.174 e. The average molecular weight is 497 g/mol. The van der Waals surface area contributed by atoms with Gasteiger partial charge in [0.05, 0.1) is 17.6 Å². The Balaban J connectivity index is 0.00000181. The highest BCUT2D eigenvalue weighted by atomic mass is 35.5. The molecule has 0 bridgehead atoms. The van der Waals surface area contributed by atoms with Crippen molar-refractivity contribution in [1.29, 1.82) is 0 Å². The molecule has 4 rings (SSSR count). The Hall–Kier alpha value is -2.18. The van der Waals surface area contributed by atoms with Crippen molar-refractivity contribution in [2.75, 3.05) is 13.2 Å². The molecule has 0 aliphatic carbocycles. The van der Waals surface area contributed by atoms with Crippen molar-refractivity contribution in [3.63, 3.8) is 0 Å². The van der Waals surface area contributed by atoms with Gasteiger partial charge in [0.2, 0.25) is 0 Å². The number of nitrogens with two attached hydrogens (primary N) is 1. The number of hydrogen-bond donors (Lipinski definition) is 2. The first-order valence-corrected chi connectivity index (χ1v) is 10.6. The molecule has 0 atom stereocenters. The van der Waals surface area contributed by atoms with Gasteiger partial charge >= 0.3 is 0 Å². The number of benzene rings is 2. The van der Waals surface area contributed by atoms with Crippen molar-refractivity contribution in [2.24, 2.45) is 11.7 Å². The molecule has 0 unspecified atom stereocenters. The van der Waals surface area contributed by atoms with Crippen LogP contribution < -0.4 is 10.5 Å². The summed E-state index contributed by atoms with van der Waals surface area (Å²) >= 11 is 6.22. The van der Waals surface area contributed by atoms with Crippen LogP contribution in [0.5, 0.6) is 5.75 Å². The highest BCUT2D eigenvalue weighted by Crippen LogP contribution is 2.29. The summed E-state index contributed by atoms with van der Waals surface area (Å²) in [5, 5.41) is 0.680. The average Bonchev–Trinajstić information content (AvgIpc) is 3.34. The minimum atomic E-state index is 0. The van der Waals surface area contributed by atoms with Crippen molar-refractivity contribution in [2.45, 2.75) is 26.7 Å². The molecule has 4 aromatic rings. The molecular formula is C24H28Cl3N3O2. The lowest BCUT2D eigenvalue weighted by molar-refractivity contribution is 0.268. The second kappa shape index (κ2) is 11.6. The lowest BCUT2D eigenvalue weighted by Gasteiger charge is -2.13. The van der Waals surface area contributed by atoms with E-state index in [1.807, 2.05) is 36.4 Å². The monoisotopic (exact) mass is 495 g/mol. The zero-order chi connectivity index (χ0) is 21.1.